The lowest BCUT2D eigenvalue weighted by atomic mass is 10.1. The van der Waals surface area contributed by atoms with Crippen LogP contribution in [0.5, 0.6) is 0 Å². The minimum atomic E-state index is -5.01. The molecule has 0 aromatic rings. The Balaban J connectivity index is 5.49. The molecule has 0 bridgehead atoms. The molecule has 19 heteroatoms. The Morgan fingerprint density at radius 2 is 0.480 bits per heavy atom. The van der Waals surface area contributed by atoms with Crippen molar-refractivity contribution in [2.24, 2.45) is 0 Å². The first kappa shape index (κ1) is 96.2. The van der Waals surface area contributed by atoms with Crippen molar-refractivity contribution in [3.8, 4) is 0 Å². The number of hydrogen-bond acceptors (Lipinski definition) is 15. The van der Waals surface area contributed by atoms with Crippen molar-refractivity contribution < 1.29 is 80.2 Å². The van der Waals surface area contributed by atoms with Gasteiger partial charge in [0.25, 0.3) is 0 Å². The largest absolute Gasteiger partial charge is 0.472 e. The van der Waals surface area contributed by atoms with Crippen molar-refractivity contribution in [3.05, 3.63) is 182 Å². The van der Waals surface area contributed by atoms with Crippen molar-refractivity contribution in [1.82, 2.24) is 0 Å². The van der Waals surface area contributed by atoms with Crippen molar-refractivity contribution >= 4 is 39.5 Å². The van der Waals surface area contributed by atoms with E-state index in [0.717, 1.165) is 167 Å². The molecule has 0 rings (SSSR count). The van der Waals surface area contributed by atoms with Gasteiger partial charge in [-0.25, -0.2) is 9.13 Å². The maximum atomic E-state index is 13.1. The van der Waals surface area contributed by atoms with Gasteiger partial charge in [-0.1, -0.05) is 242 Å². The summed E-state index contributed by atoms with van der Waals surface area (Å²) in [5.74, 6) is -2.35. The molecule has 0 aromatic carbocycles. The number of phosphoric acid groups is 2. The van der Waals surface area contributed by atoms with Gasteiger partial charge in [0.1, 0.15) is 19.3 Å². The number of carbonyl (C=O) groups is 4. The van der Waals surface area contributed by atoms with E-state index >= 15 is 0 Å². The molecule has 0 fully saturated rings. The first-order valence-electron chi connectivity index (χ1n) is 38.0. The topological polar surface area (TPSA) is 237 Å². The van der Waals surface area contributed by atoms with Gasteiger partial charge >= 0.3 is 39.5 Å². The van der Waals surface area contributed by atoms with E-state index in [2.05, 4.69) is 210 Å². The van der Waals surface area contributed by atoms with Crippen LogP contribution in [0.2, 0.25) is 0 Å². The van der Waals surface area contributed by atoms with Gasteiger partial charge in [-0.2, -0.15) is 0 Å². The van der Waals surface area contributed by atoms with Crippen LogP contribution >= 0.6 is 15.6 Å². The molecule has 3 N–H and O–H groups in total. The molecule has 0 amide bonds. The summed E-state index contributed by atoms with van der Waals surface area (Å²) in [6.45, 7) is 4.22. The number of phosphoric ester groups is 2. The predicted octanol–water partition coefficient (Wildman–Crippen LogP) is 22.0. The zero-order valence-electron chi connectivity index (χ0n) is 62.7. The van der Waals surface area contributed by atoms with Gasteiger partial charge in [-0.15, -0.1) is 0 Å². The molecule has 0 aliphatic carbocycles. The van der Waals surface area contributed by atoms with E-state index in [1.165, 1.54) is 0 Å². The fraction of sp³-hybridized carbons (Fsp3) is 0.590. The third-order valence-electron chi connectivity index (χ3n) is 14.9. The molecule has 0 aromatic heterocycles. The van der Waals surface area contributed by atoms with Crippen LogP contribution in [-0.2, 0) is 65.4 Å². The van der Waals surface area contributed by atoms with E-state index < -0.39 is 97.5 Å². The first-order valence-corrected chi connectivity index (χ1v) is 41.0. The predicted molar refractivity (Wildman–Crippen MR) is 417 cm³/mol. The van der Waals surface area contributed by atoms with E-state index in [0.29, 0.717) is 38.5 Å². The van der Waals surface area contributed by atoms with Gasteiger partial charge in [0.05, 0.1) is 26.4 Å². The molecule has 17 nitrogen and oxygen atoms in total. The SMILES string of the molecule is CC/C=C\C/C=C\C/C=C\C/C=C\CCCCC(=O)OCC(COP(=O)(O)OCC(O)COP(=O)(O)OCC(COC(=O)CCCCCCCCC/C=C\C/C=C\C/C=C\CC)OC(=O)CCCC/C=C\C/C=C\C/C=C\C/C=C\CC)OC(=O)CCCC/C=C\C/C=C\C/C=C\C/C=C\CC. The second-order valence-corrected chi connectivity index (χ2v) is 27.3. The molecule has 0 aliphatic heterocycles. The Kier molecular flexibility index (Phi) is 69.3. The van der Waals surface area contributed by atoms with Crippen LogP contribution in [-0.4, -0.2) is 96.7 Å². The van der Waals surface area contributed by atoms with Crippen molar-refractivity contribution in [2.75, 3.05) is 39.6 Å². The number of rotatable bonds is 69. The Hall–Kier alpha value is -5.84. The molecule has 102 heavy (non-hydrogen) atoms. The molecular formula is C83H132O17P2. The maximum absolute atomic E-state index is 13.1. The standard InChI is InChI=1S/C83H132O17P2/c1-5-9-13-17-21-25-29-33-37-38-42-44-48-52-56-60-64-68-81(86)94-74-79(100-83(88)70-66-62-58-54-50-46-41-36-32-28-24-20-16-12-8-4)76-98-102(91,92)96-72-77(84)71-95-101(89,90)97-75-78(99-82(87)69-65-61-57-53-49-45-40-35-31-27-23-19-15-11-7-3)73-93-80(85)67-63-59-55-51-47-43-39-34-30-26-22-18-14-10-6-2/h9-16,21-28,33-37,39-41,47,49-51,53-54,77-79,84H,5-8,17-20,29-32,38,42-46,48,52,55-76H2,1-4H3,(H,89,90)(H,91,92)/b13-9-,14-10-,15-11-,16-12-,25-21-,26-22-,27-23-,28-24-,37-33-,39-34-,40-35-,41-36-,51-47-,53-49-,54-50-. The first-order chi connectivity index (χ1) is 49.7. The lowest BCUT2D eigenvalue weighted by molar-refractivity contribution is -0.161. The second-order valence-electron chi connectivity index (χ2n) is 24.4. The van der Waals surface area contributed by atoms with Crippen LogP contribution in [0.25, 0.3) is 0 Å². The van der Waals surface area contributed by atoms with Gasteiger partial charge in [-0.05, 0) is 173 Å². The van der Waals surface area contributed by atoms with Crippen molar-refractivity contribution in [1.29, 1.82) is 0 Å². The monoisotopic (exact) mass is 1460 g/mol. The smallest absolute Gasteiger partial charge is 0.462 e. The van der Waals surface area contributed by atoms with Crippen molar-refractivity contribution in [2.45, 2.75) is 277 Å². The Bertz CT molecular complexity index is 2650. The summed E-state index contributed by atoms with van der Waals surface area (Å²) < 4.78 is 68.4. The lowest BCUT2D eigenvalue weighted by Gasteiger charge is -2.21. The minimum absolute atomic E-state index is 0.0252. The molecule has 0 saturated heterocycles. The average Bonchev–Trinajstić information content (AvgIpc) is 0.926. The number of carbonyl (C=O) groups excluding carboxylic acids is 4. The number of ether oxygens (including phenoxy) is 4. The summed E-state index contributed by atoms with van der Waals surface area (Å²) in [5, 5.41) is 10.6. The van der Waals surface area contributed by atoms with E-state index in [4.69, 9.17) is 37.0 Å². The Morgan fingerprint density at radius 1 is 0.275 bits per heavy atom. The van der Waals surface area contributed by atoms with E-state index in [-0.39, 0.29) is 25.7 Å². The summed E-state index contributed by atoms with van der Waals surface area (Å²) in [7, 11) is -10.0. The molecule has 576 valence electrons. The highest BCUT2D eigenvalue weighted by Gasteiger charge is 2.30. The van der Waals surface area contributed by atoms with Crippen LogP contribution in [0.3, 0.4) is 0 Å². The number of aliphatic hydroxyl groups is 1. The molecule has 0 aliphatic rings. The Morgan fingerprint density at radius 3 is 0.755 bits per heavy atom. The maximum Gasteiger partial charge on any atom is 0.472 e. The van der Waals surface area contributed by atoms with Crippen LogP contribution < -0.4 is 0 Å². The van der Waals surface area contributed by atoms with E-state index in [9.17, 15) is 43.2 Å². The molecule has 0 heterocycles. The molecular weight excluding hydrogens is 1330 g/mol. The fourth-order valence-corrected chi connectivity index (χ4v) is 10.8. The van der Waals surface area contributed by atoms with Gasteiger partial charge in [0.2, 0.25) is 0 Å². The molecule has 5 atom stereocenters. The minimum Gasteiger partial charge on any atom is -0.462 e. The summed E-state index contributed by atoms with van der Waals surface area (Å²) in [5.41, 5.74) is 0. The van der Waals surface area contributed by atoms with Gasteiger partial charge in [-0.3, -0.25) is 37.3 Å². The van der Waals surface area contributed by atoms with Gasteiger partial charge in [0.15, 0.2) is 12.2 Å². The summed E-state index contributed by atoms with van der Waals surface area (Å²) in [6, 6.07) is 0. The summed E-state index contributed by atoms with van der Waals surface area (Å²) in [4.78, 5) is 72.9. The normalized spacial score (nSPS) is 14.9. The highest BCUT2D eigenvalue weighted by atomic mass is 31.2. The van der Waals surface area contributed by atoms with Crippen molar-refractivity contribution in [3.63, 3.8) is 0 Å². The second kappa shape index (κ2) is 73.5. The van der Waals surface area contributed by atoms with E-state index in [1.807, 2.05) is 0 Å². The quantitative estimate of drug-likeness (QED) is 0.0169. The highest BCUT2D eigenvalue weighted by Crippen LogP contribution is 2.45. The number of esters is 4. The van der Waals surface area contributed by atoms with Crippen LogP contribution in [0.15, 0.2) is 182 Å². The number of unbranched alkanes of at least 4 members (excludes halogenated alkanes) is 13. The molecule has 0 spiro atoms. The van der Waals surface area contributed by atoms with E-state index in [1.54, 1.807) is 0 Å². The van der Waals surface area contributed by atoms with Gasteiger partial charge < -0.3 is 33.8 Å². The number of allylic oxidation sites excluding steroid dienone is 30. The summed E-state index contributed by atoms with van der Waals surface area (Å²) >= 11 is 0. The number of hydrogen-bond donors (Lipinski definition) is 3. The fourth-order valence-electron chi connectivity index (χ4n) is 9.21. The lowest BCUT2D eigenvalue weighted by Crippen LogP contribution is -2.30. The van der Waals surface area contributed by atoms with Gasteiger partial charge in [0, 0.05) is 25.7 Å². The third kappa shape index (κ3) is 72.5. The van der Waals surface area contributed by atoms with Crippen LogP contribution in [0.1, 0.15) is 259 Å². The Labute approximate surface area is 615 Å². The molecule has 5 unspecified atom stereocenters. The third-order valence-corrected chi connectivity index (χ3v) is 16.8. The number of aliphatic hydroxyl groups excluding tert-OH is 1. The average molecular weight is 1460 g/mol. The van der Waals surface area contributed by atoms with Crippen LogP contribution in [0, 0.1) is 0 Å². The summed E-state index contributed by atoms with van der Waals surface area (Å²) in [6.07, 6.45) is 87.5. The highest BCUT2D eigenvalue weighted by molar-refractivity contribution is 7.47. The molecule has 0 saturated carbocycles. The zero-order chi connectivity index (χ0) is 74.6. The zero-order valence-corrected chi connectivity index (χ0v) is 64.5. The van der Waals surface area contributed by atoms with Crippen LogP contribution in [0.4, 0.5) is 0 Å². The molecule has 0 radical (unpaired) electrons.